The summed E-state index contributed by atoms with van der Waals surface area (Å²) in [5, 5.41) is 8.68. The van der Waals surface area contributed by atoms with Gasteiger partial charge in [-0.05, 0) is 18.1 Å². The van der Waals surface area contributed by atoms with Gasteiger partial charge in [0.05, 0.1) is 0 Å². The van der Waals surface area contributed by atoms with Crippen LogP contribution in [0.2, 0.25) is 0 Å². The molecule has 14 heavy (non-hydrogen) atoms. The first-order valence-corrected chi connectivity index (χ1v) is 4.86. The Morgan fingerprint density at radius 1 is 1.43 bits per heavy atom. The topological polar surface area (TPSA) is 37.3 Å². The van der Waals surface area contributed by atoms with E-state index in [0.717, 1.165) is 11.1 Å². The molecule has 0 bridgehead atoms. The number of aliphatic hydroxyl groups excluding tert-OH is 1. The number of ketones is 1. The monoisotopic (exact) mass is 192 g/mol. The Kier molecular flexibility index (Phi) is 3.84. The fourth-order valence-electron chi connectivity index (χ4n) is 1.57. The smallest absolute Gasteiger partial charge is 0.142 e. The van der Waals surface area contributed by atoms with Crippen molar-refractivity contribution in [3.63, 3.8) is 0 Å². The first-order chi connectivity index (χ1) is 6.66. The van der Waals surface area contributed by atoms with Gasteiger partial charge >= 0.3 is 0 Å². The fraction of sp³-hybridized carbons (Fsp3) is 0.417. The van der Waals surface area contributed by atoms with E-state index in [2.05, 4.69) is 0 Å². The Morgan fingerprint density at radius 2 is 2.07 bits per heavy atom. The molecule has 1 atom stereocenters. The van der Waals surface area contributed by atoms with Crippen molar-refractivity contribution in [1.29, 1.82) is 0 Å². The van der Waals surface area contributed by atoms with Crippen molar-refractivity contribution < 1.29 is 9.90 Å². The van der Waals surface area contributed by atoms with E-state index in [4.69, 9.17) is 5.11 Å². The van der Waals surface area contributed by atoms with E-state index < -0.39 is 0 Å². The SMILES string of the molecule is Cc1ccccc1C(C)C(=O)CCO. The normalized spacial score (nSPS) is 12.5. The van der Waals surface area contributed by atoms with E-state index >= 15 is 0 Å². The second kappa shape index (κ2) is 4.91. The van der Waals surface area contributed by atoms with Gasteiger partial charge in [0.2, 0.25) is 0 Å². The van der Waals surface area contributed by atoms with Crippen LogP contribution in [0.5, 0.6) is 0 Å². The molecule has 2 nitrogen and oxygen atoms in total. The zero-order valence-electron chi connectivity index (χ0n) is 8.66. The zero-order chi connectivity index (χ0) is 10.6. The van der Waals surface area contributed by atoms with Crippen LogP contribution in [0, 0.1) is 6.92 Å². The van der Waals surface area contributed by atoms with Crippen molar-refractivity contribution in [3.8, 4) is 0 Å². The Morgan fingerprint density at radius 3 is 2.64 bits per heavy atom. The Bertz CT molecular complexity index is 318. The number of carbonyl (C=O) groups excluding carboxylic acids is 1. The molecular formula is C12H16O2. The highest BCUT2D eigenvalue weighted by Gasteiger charge is 2.15. The summed E-state index contributed by atoms with van der Waals surface area (Å²) in [5.41, 5.74) is 2.19. The van der Waals surface area contributed by atoms with Crippen LogP contribution in [0.4, 0.5) is 0 Å². The third-order valence-corrected chi connectivity index (χ3v) is 2.50. The van der Waals surface area contributed by atoms with Crippen LogP contribution in [0.25, 0.3) is 0 Å². The van der Waals surface area contributed by atoms with Gasteiger partial charge in [-0.2, -0.15) is 0 Å². The second-order valence-electron chi connectivity index (χ2n) is 3.52. The molecule has 0 heterocycles. The predicted octanol–water partition coefficient (Wildman–Crippen LogP) is 2.05. The fourth-order valence-corrected chi connectivity index (χ4v) is 1.57. The minimum atomic E-state index is -0.108. The lowest BCUT2D eigenvalue weighted by atomic mass is 9.92. The summed E-state index contributed by atoms with van der Waals surface area (Å²) >= 11 is 0. The summed E-state index contributed by atoms with van der Waals surface area (Å²) in [5.74, 6) is -0.00912. The molecule has 0 aliphatic rings. The highest BCUT2D eigenvalue weighted by Crippen LogP contribution is 2.20. The molecule has 0 saturated carbocycles. The Balaban J connectivity index is 2.84. The Labute approximate surface area is 84.6 Å². The van der Waals surface area contributed by atoms with Gasteiger partial charge in [0.25, 0.3) is 0 Å². The number of Topliss-reactive ketones (excluding diaryl/α,β-unsaturated/α-hetero) is 1. The van der Waals surface area contributed by atoms with Crippen LogP contribution >= 0.6 is 0 Å². The van der Waals surface area contributed by atoms with Gasteiger partial charge in [-0.1, -0.05) is 31.2 Å². The molecule has 0 amide bonds. The highest BCUT2D eigenvalue weighted by atomic mass is 16.3. The van der Waals surface area contributed by atoms with Gasteiger partial charge in [0.1, 0.15) is 5.78 Å². The van der Waals surface area contributed by atoms with Gasteiger partial charge in [0, 0.05) is 18.9 Å². The molecule has 1 unspecified atom stereocenters. The third kappa shape index (κ3) is 2.42. The molecule has 0 fully saturated rings. The largest absolute Gasteiger partial charge is 0.396 e. The maximum atomic E-state index is 11.5. The number of rotatable bonds is 4. The molecule has 0 saturated heterocycles. The van der Waals surface area contributed by atoms with Crippen LogP contribution in [0.1, 0.15) is 30.4 Å². The average molecular weight is 192 g/mol. The minimum absolute atomic E-state index is 0.0605. The van der Waals surface area contributed by atoms with Crippen molar-refractivity contribution in [2.45, 2.75) is 26.2 Å². The van der Waals surface area contributed by atoms with Gasteiger partial charge in [-0.25, -0.2) is 0 Å². The average Bonchev–Trinajstić information content (AvgIpc) is 2.18. The second-order valence-corrected chi connectivity index (χ2v) is 3.52. The highest BCUT2D eigenvalue weighted by molar-refractivity contribution is 5.85. The number of hydrogen-bond acceptors (Lipinski definition) is 2. The number of carbonyl (C=O) groups is 1. The van der Waals surface area contributed by atoms with Crippen LogP contribution < -0.4 is 0 Å². The van der Waals surface area contributed by atoms with Crippen molar-refractivity contribution >= 4 is 5.78 Å². The van der Waals surface area contributed by atoms with Crippen molar-refractivity contribution in [2.75, 3.05) is 6.61 Å². The van der Waals surface area contributed by atoms with Crippen LogP contribution in [-0.4, -0.2) is 17.5 Å². The number of hydrogen-bond donors (Lipinski definition) is 1. The van der Waals surface area contributed by atoms with Crippen LogP contribution in [0.3, 0.4) is 0 Å². The van der Waals surface area contributed by atoms with Crippen LogP contribution in [0.15, 0.2) is 24.3 Å². The summed E-state index contributed by atoms with van der Waals surface area (Å²) in [7, 11) is 0. The number of aryl methyl sites for hydroxylation is 1. The molecule has 1 N–H and O–H groups in total. The summed E-state index contributed by atoms with van der Waals surface area (Å²) in [4.78, 5) is 11.5. The number of benzene rings is 1. The van der Waals surface area contributed by atoms with Crippen LogP contribution in [-0.2, 0) is 4.79 Å². The molecule has 0 aromatic heterocycles. The van der Waals surface area contributed by atoms with E-state index in [-0.39, 0.29) is 24.7 Å². The summed E-state index contributed by atoms with van der Waals surface area (Å²) < 4.78 is 0. The lowest BCUT2D eigenvalue weighted by Crippen LogP contribution is -2.11. The maximum absolute atomic E-state index is 11.5. The van der Waals surface area contributed by atoms with Gasteiger partial charge in [-0.3, -0.25) is 4.79 Å². The molecule has 0 spiro atoms. The quantitative estimate of drug-likeness (QED) is 0.792. The molecule has 0 aliphatic heterocycles. The predicted molar refractivity (Wildman–Crippen MR) is 56.3 cm³/mol. The standard InChI is InChI=1S/C12H16O2/c1-9-5-3-4-6-11(9)10(2)12(14)7-8-13/h3-6,10,13H,7-8H2,1-2H3. The van der Waals surface area contributed by atoms with Gasteiger partial charge in [-0.15, -0.1) is 0 Å². The lowest BCUT2D eigenvalue weighted by Gasteiger charge is -2.12. The zero-order valence-corrected chi connectivity index (χ0v) is 8.66. The number of aliphatic hydroxyl groups is 1. The van der Waals surface area contributed by atoms with E-state index in [9.17, 15) is 4.79 Å². The Hall–Kier alpha value is -1.15. The third-order valence-electron chi connectivity index (χ3n) is 2.50. The molecular weight excluding hydrogens is 176 g/mol. The van der Waals surface area contributed by atoms with E-state index in [0.29, 0.717) is 0 Å². The van der Waals surface area contributed by atoms with Crippen molar-refractivity contribution in [3.05, 3.63) is 35.4 Å². The first kappa shape index (κ1) is 10.9. The van der Waals surface area contributed by atoms with E-state index in [1.165, 1.54) is 0 Å². The maximum Gasteiger partial charge on any atom is 0.142 e. The minimum Gasteiger partial charge on any atom is -0.396 e. The lowest BCUT2D eigenvalue weighted by molar-refractivity contribution is -0.120. The van der Waals surface area contributed by atoms with Gasteiger partial charge < -0.3 is 5.11 Å². The summed E-state index contributed by atoms with van der Waals surface area (Å²) in [6, 6.07) is 7.86. The van der Waals surface area contributed by atoms with E-state index in [1.54, 1.807) is 0 Å². The van der Waals surface area contributed by atoms with E-state index in [1.807, 2.05) is 38.1 Å². The summed E-state index contributed by atoms with van der Waals surface area (Å²) in [6.07, 6.45) is 0.246. The molecule has 1 rings (SSSR count). The molecule has 0 radical (unpaired) electrons. The first-order valence-electron chi connectivity index (χ1n) is 4.86. The molecule has 1 aromatic rings. The van der Waals surface area contributed by atoms with Crippen molar-refractivity contribution in [2.24, 2.45) is 0 Å². The molecule has 76 valence electrons. The molecule has 0 aliphatic carbocycles. The summed E-state index contributed by atoms with van der Waals surface area (Å²) in [6.45, 7) is 3.83. The molecule has 2 heteroatoms. The molecule has 1 aromatic carbocycles. The van der Waals surface area contributed by atoms with Gasteiger partial charge in [0.15, 0.2) is 0 Å². The van der Waals surface area contributed by atoms with Crippen molar-refractivity contribution in [1.82, 2.24) is 0 Å².